The summed E-state index contributed by atoms with van der Waals surface area (Å²) < 4.78 is 15.8. The van der Waals surface area contributed by atoms with E-state index in [1.54, 1.807) is 28.9 Å². The highest BCUT2D eigenvalue weighted by atomic mass is 19.1. The van der Waals surface area contributed by atoms with E-state index in [1.165, 1.54) is 6.07 Å². The van der Waals surface area contributed by atoms with Crippen molar-refractivity contribution in [2.75, 3.05) is 5.32 Å². The molecule has 0 unspecified atom stereocenters. The number of rotatable bonds is 3. The molecule has 0 saturated carbocycles. The summed E-state index contributed by atoms with van der Waals surface area (Å²) in [7, 11) is 0. The third-order valence-electron chi connectivity index (χ3n) is 3.78. The summed E-state index contributed by atoms with van der Waals surface area (Å²) in [5.74, 6) is 0.0166. The SMILES string of the molecule is CC(C)(C)C(=O)Nc1cc(-c2ccccc2F)nn1-c1ccccc1. The highest BCUT2D eigenvalue weighted by Gasteiger charge is 2.23. The van der Waals surface area contributed by atoms with Gasteiger partial charge >= 0.3 is 0 Å². The zero-order valence-corrected chi connectivity index (χ0v) is 14.5. The number of nitrogens with zero attached hydrogens (tertiary/aromatic N) is 2. The third kappa shape index (κ3) is 3.60. The van der Waals surface area contributed by atoms with Gasteiger partial charge in [-0.3, -0.25) is 4.79 Å². The lowest BCUT2D eigenvalue weighted by Gasteiger charge is -2.18. The van der Waals surface area contributed by atoms with Gasteiger partial charge in [0.1, 0.15) is 11.6 Å². The van der Waals surface area contributed by atoms with Gasteiger partial charge in [0, 0.05) is 17.0 Å². The maximum absolute atomic E-state index is 14.1. The number of anilines is 1. The number of halogens is 1. The summed E-state index contributed by atoms with van der Waals surface area (Å²) in [6.07, 6.45) is 0. The van der Waals surface area contributed by atoms with Crippen LogP contribution in [0.2, 0.25) is 0 Å². The molecule has 0 fully saturated rings. The van der Waals surface area contributed by atoms with Gasteiger partial charge in [-0.15, -0.1) is 0 Å². The van der Waals surface area contributed by atoms with E-state index in [1.807, 2.05) is 51.1 Å². The maximum Gasteiger partial charge on any atom is 0.230 e. The summed E-state index contributed by atoms with van der Waals surface area (Å²) in [6.45, 7) is 5.51. The highest BCUT2D eigenvalue weighted by Crippen LogP contribution is 2.27. The topological polar surface area (TPSA) is 46.9 Å². The van der Waals surface area contributed by atoms with Crippen LogP contribution in [0.25, 0.3) is 16.9 Å². The Morgan fingerprint density at radius 1 is 1.04 bits per heavy atom. The van der Waals surface area contributed by atoms with Crippen molar-refractivity contribution in [2.45, 2.75) is 20.8 Å². The molecule has 1 heterocycles. The van der Waals surface area contributed by atoms with Crippen molar-refractivity contribution in [2.24, 2.45) is 5.41 Å². The molecule has 4 nitrogen and oxygen atoms in total. The second kappa shape index (κ2) is 6.51. The molecule has 0 aliphatic heterocycles. The molecule has 0 saturated heterocycles. The lowest BCUT2D eigenvalue weighted by molar-refractivity contribution is -0.123. The third-order valence-corrected chi connectivity index (χ3v) is 3.78. The van der Waals surface area contributed by atoms with Crippen LogP contribution in [0, 0.1) is 11.2 Å². The number of benzene rings is 2. The van der Waals surface area contributed by atoms with Crippen LogP contribution in [0.4, 0.5) is 10.2 Å². The maximum atomic E-state index is 14.1. The number of carbonyl (C=O) groups is 1. The minimum absolute atomic E-state index is 0.135. The standard InChI is InChI=1S/C20H20FN3O/c1-20(2,3)19(25)22-18-13-17(15-11-7-8-12-16(15)21)23-24(18)14-9-5-4-6-10-14/h4-13H,1-3H3,(H,22,25). The van der Waals surface area contributed by atoms with Crippen molar-refractivity contribution in [3.05, 3.63) is 66.5 Å². The van der Waals surface area contributed by atoms with Crippen LogP contribution in [0.5, 0.6) is 0 Å². The van der Waals surface area contributed by atoms with E-state index in [-0.39, 0.29) is 11.7 Å². The molecule has 1 amide bonds. The first-order valence-corrected chi connectivity index (χ1v) is 8.08. The molecule has 2 aromatic carbocycles. The van der Waals surface area contributed by atoms with E-state index in [4.69, 9.17) is 0 Å². The number of nitrogens with one attached hydrogen (secondary N) is 1. The smallest absolute Gasteiger partial charge is 0.230 e. The molecule has 3 rings (SSSR count). The van der Waals surface area contributed by atoms with E-state index in [2.05, 4.69) is 10.4 Å². The fourth-order valence-electron chi connectivity index (χ4n) is 2.34. The van der Waals surface area contributed by atoms with Gasteiger partial charge in [-0.2, -0.15) is 5.10 Å². The lowest BCUT2D eigenvalue weighted by Crippen LogP contribution is -2.28. The van der Waals surface area contributed by atoms with Crippen LogP contribution in [-0.4, -0.2) is 15.7 Å². The van der Waals surface area contributed by atoms with Crippen LogP contribution < -0.4 is 5.32 Å². The minimum atomic E-state index is -0.552. The van der Waals surface area contributed by atoms with Crippen LogP contribution in [0.1, 0.15) is 20.8 Å². The lowest BCUT2D eigenvalue weighted by atomic mass is 9.96. The van der Waals surface area contributed by atoms with Gasteiger partial charge in [0.05, 0.1) is 11.4 Å². The minimum Gasteiger partial charge on any atom is -0.310 e. The molecule has 0 radical (unpaired) electrons. The van der Waals surface area contributed by atoms with Gasteiger partial charge in [-0.1, -0.05) is 51.1 Å². The zero-order valence-electron chi connectivity index (χ0n) is 14.5. The average molecular weight is 337 g/mol. The van der Waals surface area contributed by atoms with Crippen LogP contribution >= 0.6 is 0 Å². The molecule has 0 spiro atoms. The molecule has 0 aliphatic carbocycles. The van der Waals surface area contributed by atoms with E-state index < -0.39 is 5.41 Å². The monoisotopic (exact) mass is 337 g/mol. The molecule has 128 valence electrons. The molecule has 0 atom stereocenters. The number of amides is 1. The van der Waals surface area contributed by atoms with Crippen LogP contribution in [-0.2, 0) is 4.79 Å². The first kappa shape index (κ1) is 16.9. The van der Waals surface area contributed by atoms with Crippen molar-refractivity contribution in [3.63, 3.8) is 0 Å². The van der Waals surface area contributed by atoms with Crippen LogP contribution in [0.3, 0.4) is 0 Å². The van der Waals surface area contributed by atoms with Gasteiger partial charge in [-0.25, -0.2) is 9.07 Å². The van der Waals surface area contributed by atoms with Gasteiger partial charge < -0.3 is 5.32 Å². The Morgan fingerprint density at radius 3 is 2.32 bits per heavy atom. The first-order chi connectivity index (χ1) is 11.9. The number of aromatic nitrogens is 2. The number of hydrogen-bond acceptors (Lipinski definition) is 2. The fraction of sp³-hybridized carbons (Fsp3) is 0.200. The summed E-state index contributed by atoms with van der Waals surface area (Å²) in [5.41, 5.74) is 1.09. The van der Waals surface area contributed by atoms with E-state index >= 15 is 0 Å². The highest BCUT2D eigenvalue weighted by molar-refractivity contribution is 5.94. The largest absolute Gasteiger partial charge is 0.310 e. The molecular weight excluding hydrogens is 317 g/mol. The van der Waals surface area contributed by atoms with E-state index in [0.717, 1.165) is 5.69 Å². The molecule has 5 heteroatoms. The summed E-state index contributed by atoms with van der Waals surface area (Å²) in [6, 6.07) is 17.6. The Labute approximate surface area is 146 Å². The Kier molecular flexibility index (Phi) is 4.40. The normalized spacial score (nSPS) is 11.4. The average Bonchev–Trinajstić information content (AvgIpc) is 2.99. The van der Waals surface area contributed by atoms with Crippen molar-refractivity contribution in [3.8, 4) is 16.9 Å². The molecule has 25 heavy (non-hydrogen) atoms. The first-order valence-electron chi connectivity index (χ1n) is 8.08. The summed E-state index contributed by atoms with van der Waals surface area (Å²) in [5, 5.41) is 7.41. The predicted octanol–water partition coefficient (Wildman–Crippen LogP) is 4.66. The second-order valence-electron chi connectivity index (χ2n) is 6.85. The molecule has 1 N–H and O–H groups in total. The zero-order chi connectivity index (χ0) is 18.0. The van der Waals surface area contributed by atoms with Crippen molar-refractivity contribution in [1.82, 2.24) is 9.78 Å². The van der Waals surface area contributed by atoms with E-state index in [9.17, 15) is 9.18 Å². The van der Waals surface area contributed by atoms with Gasteiger partial charge in [0.2, 0.25) is 5.91 Å². The number of carbonyl (C=O) groups excluding carboxylic acids is 1. The van der Waals surface area contributed by atoms with Gasteiger partial charge in [0.15, 0.2) is 0 Å². The quantitative estimate of drug-likeness (QED) is 0.755. The predicted molar refractivity (Wildman–Crippen MR) is 97.0 cm³/mol. The Morgan fingerprint density at radius 2 is 1.68 bits per heavy atom. The van der Waals surface area contributed by atoms with Gasteiger partial charge in [0.25, 0.3) is 0 Å². The molecule has 1 aromatic heterocycles. The van der Waals surface area contributed by atoms with Crippen molar-refractivity contribution in [1.29, 1.82) is 0 Å². The second-order valence-corrected chi connectivity index (χ2v) is 6.85. The van der Waals surface area contributed by atoms with Crippen molar-refractivity contribution >= 4 is 11.7 Å². The molecule has 0 aliphatic rings. The van der Waals surface area contributed by atoms with Crippen LogP contribution in [0.15, 0.2) is 60.7 Å². The Balaban J connectivity index is 2.09. The molecule has 3 aromatic rings. The van der Waals surface area contributed by atoms with E-state index in [0.29, 0.717) is 17.1 Å². The summed E-state index contributed by atoms with van der Waals surface area (Å²) >= 11 is 0. The number of hydrogen-bond donors (Lipinski definition) is 1. The van der Waals surface area contributed by atoms with Crippen molar-refractivity contribution < 1.29 is 9.18 Å². The molecule has 0 bridgehead atoms. The molecular formula is C20H20FN3O. The van der Waals surface area contributed by atoms with Gasteiger partial charge in [-0.05, 0) is 24.3 Å². The Hall–Kier alpha value is -2.95. The fourth-order valence-corrected chi connectivity index (χ4v) is 2.34. The Bertz CT molecular complexity index is 895. The summed E-state index contributed by atoms with van der Waals surface area (Å²) in [4.78, 5) is 12.4. The number of para-hydroxylation sites is 1.